The minimum Gasteiger partial charge on any atom is -0.508 e. The number of benzene rings is 1. The Balaban J connectivity index is 2.55. The van der Waals surface area contributed by atoms with E-state index in [0.29, 0.717) is 18.4 Å². The molecule has 0 amide bonds. The SMILES string of the molecule is CC(=O)C1=C(C)Cc2c(O)ccc(O)c2C1. The minimum atomic E-state index is 0.0332. The summed E-state index contributed by atoms with van der Waals surface area (Å²) >= 11 is 0. The van der Waals surface area contributed by atoms with Gasteiger partial charge in [0.15, 0.2) is 5.78 Å². The molecule has 1 aromatic carbocycles. The van der Waals surface area contributed by atoms with Crippen molar-refractivity contribution in [2.45, 2.75) is 26.7 Å². The molecule has 0 atom stereocenters. The molecule has 16 heavy (non-hydrogen) atoms. The number of fused-ring (bicyclic) bond motifs is 1. The third kappa shape index (κ3) is 1.58. The lowest BCUT2D eigenvalue weighted by atomic mass is 9.84. The highest BCUT2D eigenvalue weighted by Crippen LogP contribution is 2.37. The average Bonchev–Trinajstić information content (AvgIpc) is 2.23. The van der Waals surface area contributed by atoms with Gasteiger partial charge in [-0.05, 0) is 38.0 Å². The number of rotatable bonds is 1. The van der Waals surface area contributed by atoms with Crippen LogP contribution in [0.2, 0.25) is 0 Å². The molecule has 0 radical (unpaired) electrons. The Labute approximate surface area is 94.0 Å². The third-order valence-corrected chi connectivity index (χ3v) is 3.12. The van der Waals surface area contributed by atoms with Gasteiger partial charge in [0.25, 0.3) is 0 Å². The van der Waals surface area contributed by atoms with Gasteiger partial charge in [0.1, 0.15) is 11.5 Å². The Morgan fingerprint density at radius 3 is 2.12 bits per heavy atom. The van der Waals surface area contributed by atoms with Gasteiger partial charge in [-0.25, -0.2) is 0 Å². The molecule has 2 N–H and O–H groups in total. The molecule has 0 bridgehead atoms. The fourth-order valence-corrected chi connectivity index (χ4v) is 2.19. The average molecular weight is 218 g/mol. The molecule has 3 nitrogen and oxygen atoms in total. The van der Waals surface area contributed by atoms with Gasteiger partial charge in [-0.1, -0.05) is 5.57 Å². The monoisotopic (exact) mass is 218 g/mol. The number of carbonyl (C=O) groups excluding carboxylic acids is 1. The van der Waals surface area contributed by atoms with E-state index in [9.17, 15) is 15.0 Å². The first kappa shape index (κ1) is 10.7. The van der Waals surface area contributed by atoms with Gasteiger partial charge in [0.2, 0.25) is 0 Å². The summed E-state index contributed by atoms with van der Waals surface area (Å²) in [6.45, 7) is 3.42. The van der Waals surface area contributed by atoms with E-state index in [1.807, 2.05) is 6.92 Å². The summed E-state index contributed by atoms with van der Waals surface area (Å²) < 4.78 is 0. The molecule has 0 unspecified atom stereocenters. The largest absolute Gasteiger partial charge is 0.508 e. The van der Waals surface area contributed by atoms with Gasteiger partial charge < -0.3 is 10.2 Å². The highest BCUT2D eigenvalue weighted by Gasteiger charge is 2.22. The zero-order valence-corrected chi connectivity index (χ0v) is 9.37. The van der Waals surface area contributed by atoms with Crippen LogP contribution in [0.15, 0.2) is 23.3 Å². The van der Waals surface area contributed by atoms with Gasteiger partial charge in [0, 0.05) is 17.5 Å². The van der Waals surface area contributed by atoms with E-state index in [2.05, 4.69) is 0 Å². The first-order valence-electron chi connectivity index (χ1n) is 5.23. The molecule has 0 fully saturated rings. The second kappa shape index (κ2) is 3.67. The molecule has 1 aromatic rings. The number of hydrogen-bond donors (Lipinski definition) is 2. The summed E-state index contributed by atoms with van der Waals surface area (Å²) in [6, 6.07) is 2.95. The number of carbonyl (C=O) groups is 1. The molecule has 0 saturated heterocycles. The van der Waals surface area contributed by atoms with Crippen molar-refractivity contribution in [3.8, 4) is 11.5 Å². The van der Waals surface area contributed by atoms with Crippen molar-refractivity contribution in [2.75, 3.05) is 0 Å². The minimum absolute atomic E-state index is 0.0332. The van der Waals surface area contributed by atoms with E-state index < -0.39 is 0 Å². The number of hydrogen-bond acceptors (Lipinski definition) is 3. The van der Waals surface area contributed by atoms with Gasteiger partial charge in [-0.3, -0.25) is 4.79 Å². The van der Waals surface area contributed by atoms with Crippen LogP contribution in [-0.2, 0) is 17.6 Å². The highest BCUT2D eigenvalue weighted by molar-refractivity contribution is 5.95. The summed E-state index contributed by atoms with van der Waals surface area (Å²) in [5.74, 6) is 0.375. The Hall–Kier alpha value is -1.77. The van der Waals surface area contributed by atoms with Crippen molar-refractivity contribution >= 4 is 5.78 Å². The molecular formula is C13H14O3. The van der Waals surface area contributed by atoms with E-state index in [1.165, 1.54) is 19.1 Å². The van der Waals surface area contributed by atoms with Crippen LogP contribution >= 0.6 is 0 Å². The molecule has 0 heterocycles. The van der Waals surface area contributed by atoms with Gasteiger partial charge in [-0.2, -0.15) is 0 Å². The molecule has 1 aliphatic carbocycles. The molecule has 0 saturated carbocycles. The van der Waals surface area contributed by atoms with Crippen molar-refractivity contribution in [1.29, 1.82) is 0 Å². The first-order valence-corrected chi connectivity index (χ1v) is 5.23. The fourth-order valence-electron chi connectivity index (χ4n) is 2.19. The highest BCUT2D eigenvalue weighted by atomic mass is 16.3. The van der Waals surface area contributed by atoms with E-state index in [-0.39, 0.29) is 17.3 Å². The maximum Gasteiger partial charge on any atom is 0.156 e. The van der Waals surface area contributed by atoms with E-state index in [0.717, 1.165) is 16.7 Å². The van der Waals surface area contributed by atoms with Crippen LogP contribution in [0.1, 0.15) is 25.0 Å². The fraction of sp³-hybridized carbons (Fsp3) is 0.308. The zero-order chi connectivity index (χ0) is 11.9. The van der Waals surface area contributed by atoms with Crippen LogP contribution in [-0.4, -0.2) is 16.0 Å². The molecule has 1 aliphatic rings. The van der Waals surface area contributed by atoms with E-state index >= 15 is 0 Å². The maximum atomic E-state index is 11.4. The second-order valence-electron chi connectivity index (χ2n) is 4.23. The lowest BCUT2D eigenvalue weighted by molar-refractivity contribution is -0.113. The molecule has 0 aromatic heterocycles. The standard InChI is InChI=1S/C13H14O3/c1-7-5-10-11(6-9(7)8(2)14)13(16)4-3-12(10)15/h3-4,15-16H,5-6H2,1-2H3. The van der Waals surface area contributed by atoms with Crippen LogP contribution in [0.3, 0.4) is 0 Å². The molecule has 0 aliphatic heterocycles. The number of allylic oxidation sites excluding steroid dienone is 2. The zero-order valence-electron chi connectivity index (χ0n) is 9.37. The van der Waals surface area contributed by atoms with Crippen molar-refractivity contribution in [2.24, 2.45) is 0 Å². The van der Waals surface area contributed by atoms with Gasteiger partial charge >= 0.3 is 0 Å². The molecule has 3 heteroatoms. The van der Waals surface area contributed by atoms with E-state index in [4.69, 9.17) is 0 Å². The number of phenols is 2. The lowest BCUT2D eigenvalue weighted by Crippen LogP contribution is -2.12. The predicted octanol–water partition coefficient (Wildman–Crippen LogP) is 2.10. The summed E-state index contributed by atoms with van der Waals surface area (Å²) in [4.78, 5) is 11.4. The number of phenolic OH excluding ortho intramolecular Hbond substituents is 2. The number of aromatic hydroxyl groups is 2. The molecule has 0 spiro atoms. The van der Waals surface area contributed by atoms with Crippen molar-refractivity contribution in [3.63, 3.8) is 0 Å². The van der Waals surface area contributed by atoms with Crippen LogP contribution in [0.4, 0.5) is 0 Å². The van der Waals surface area contributed by atoms with Crippen molar-refractivity contribution < 1.29 is 15.0 Å². The summed E-state index contributed by atoms with van der Waals surface area (Å²) in [6.07, 6.45) is 0.946. The van der Waals surface area contributed by atoms with Gasteiger partial charge in [-0.15, -0.1) is 0 Å². The predicted molar refractivity (Wildman–Crippen MR) is 60.6 cm³/mol. The molecule has 2 rings (SSSR count). The lowest BCUT2D eigenvalue weighted by Gasteiger charge is -2.21. The van der Waals surface area contributed by atoms with Gasteiger partial charge in [0.05, 0.1) is 0 Å². The molecular weight excluding hydrogens is 204 g/mol. The first-order chi connectivity index (χ1) is 7.50. The Morgan fingerprint density at radius 2 is 1.62 bits per heavy atom. The topological polar surface area (TPSA) is 57.5 Å². The number of Topliss-reactive ketones (excluding diaryl/α,β-unsaturated/α-hetero) is 1. The van der Waals surface area contributed by atoms with Crippen LogP contribution in [0, 0.1) is 0 Å². The van der Waals surface area contributed by atoms with Crippen molar-refractivity contribution in [1.82, 2.24) is 0 Å². The summed E-state index contributed by atoms with van der Waals surface area (Å²) in [5.41, 5.74) is 3.13. The second-order valence-corrected chi connectivity index (χ2v) is 4.23. The van der Waals surface area contributed by atoms with Crippen LogP contribution in [0.5, 0.6) is 11.5 Å². The van der Waals surface area contributed by atoms with E-state index in [1.54, 1.807) is 0 Å². The van der Waals surface area contributed by atoms with Crippen molar-refractivity contribution in [3.05, 3.63) is 34.4 Å². The Kier molecular flexibility index (Phi) is 2.46. The quantitative estimate of drug-likeness (QED) is 0.710. The summed E-state index contributed by atoms with van der Waals surface area (Å²) in [5, 5.41) is 19.4. The Morgan fingerprint density at radius 1 is 1.12 bits per heavy atom. The normalized spacial score (nSPS) is 14.9. The van der Waals surface area contributed by atoms with Crippen LogP contribution < -0.4 is 0 Å². The third-order valence-electron chi connectivity index (χ3n) is 3.12. The maximum absolute atomic E-state index is 11.4. The summed E-state index contributed by atoms with van der Waals surface area (Å²) in [7, 11) is 0. The smallest absolute Gasteiger partial charge is 0.156 e. The van der Waals surface area contributed by atoms with Crippen LogP contribution in [0.25, 0.3) is 0 Å². The Bertz CT molecular complexity index is 498. The molecule has 84 valence electrons. The number of ketones is 1.